The van der Waals surface area contributed by atoms with Crippen molar-refractivity contribution in [3.63, 3.8) is 0 Å². The standard InChI is InChI=1S/C21H26N4O/c1-3-10-24-15-18(16(2)22-24)14-23-11-8-19(9-12-23)25-20-7-5-4-6-17(20)13-21(25)26/h3-7,15,19H,1,8-14H2,2H3. The summed E-state index contributed by atoms with van der Waals surface area (Å²) in [6, 6.07) is 8.54. The summed E-state index contributed by atoms with van der Waals surface area (Å²) in [5.74, 6) is 0.256. The second kappa shape index (κ2) is 7.08. The van der Waals surface area contributed by atoms with Crippen molar-refractivity contribution in [3.05, 3.63) is 59.9 Å². The van der Waals surface area contributed by atoms with Crippen molar-refractivity contribution in [2.75, 3.05) is 18.0 Å². The Morgan fingerprint density at radius 3 is 2.81 bits per heavy atom. The number of fused-ring (bicyclic) bond motifs is 1. The lowest BCUT2D eigenvalue weighted by Crippen LogP contribution is -2.46. The molecule has 0 unspecified atom stereocenters. The van der Waals surface area contributed by atoms with E-state index >= 15 is 0 Å². The second-order valence-corrected chi connectivity index (χ2v) is 7.33. The van der Waals surface area contributed by atoms with E-state index in [-0.39, 0.29) is 5.91 Å². The zero-order valence-corrected chi connectivity index (χ0v) is 15.4. The number of anilines is 1. The highest BCUT2D eigenvalue weighted by Gasteiger charge is 2.34. The van der Waals surface area contributed by atoms with E-state index in [2.05, 4.69) is 46.7 Å². The number of hydrogen-bond acceptors (Lipinski definition) is 3. The molecule has 0 radical (unpaired) electrons. The topological polar surface area (TPSA) is 41.4 Å². The van der Waals surface area contributed by atoms with Crippen LogP contribution in [0.25, 0.3) is 0 Å². The van der Waals surface area contributed by atoms with Crippen LogP contribution in [0.4, 0.5) is 5.69 Å². The number of rotatable bonds is 5. The third-order valence-electron chi connectivity index (χ3n) is 5.54. The summed E-state index contributed by atoms with van der Waals surface area (Å²) < 4.78 is 1.95. The normalized spacial score (nSPS) is 18.3. The van der Waals surface area contributed by atoms with Crippen LogP contribution in [-0.4, -0.2) is 39.7 Å². The van der Waals surface area contributed by atoms with Crippen LogP contribution in [0, 0.1) is 6.92 Å². The molecular weight excluding hydrogens is 324 g/mol. The van der Waals surface area contributed by atoms with Crippen molar-refractivity contribution in [1.29, 1.82) is 0 Å². The predicted molar refractivity (Wildman–Crippen MR) is 103 cm³/mol. The maximum absolute atomic E-state index is 12.5. The molecule has 1 aromatic carbocycles. The van der Waals surface area contributed by atoms with Gasteiger partial charge >= 0.3 is 0 Å². The van der Waals surface area contributed by atoms with Crippen LogP contribution >= 0.6 is 0 Å². The van der Waals surface area contributed by atoms with Crippen LogP contribution in [0.2, 0.25) is 0 Å². The summed E-state index contributed by atoms with van der Waals surface area (Å²) in [7, 11) is 0. The third-order valence-corrected chi connectivity index (χ3v) is 5.54. The highest BCUT2D eigenvalue weighted by molar-refractivity contribution is 6.01. The molecular formula is C21H26N4O. The Labute approximate surface area is 154 Å². The molecule has 2 aliphatic heterocycles. The Morgan fingerprint density at radius 1 is 1.27 bits per heavy atom. The van der Waals surface area contributed by atoms with E-state index in [1.165, 1.54) is 11.1 Å². The second-order valence-electron chi connectivity index (χ2n) is 7.33. The summed E-state index contributed by atoms with van der Waals surface area (Å²) in [4.78, 5) is 17.0. The average molecular weight is 350 g/mol. The number of benzene rings is 1. The van der Waals surface area contributed by atoms with Crippen LogP contribution in [0.3, 0.4) is 0 Å². The van der Waals surface area contributed by atoms with Gasteiger partial charge in [-0.3, -0.25) is 14.4 Å². The summed E-state index contributed by atoms with van der Waals surface area (Å²) >= 11 is 0. The fourth-order valence-electron chi connectivity index (χ4n) is 4.19. The molecule has 0 bridgehead atoms. The number of allylic oxidation sites excluding steroid dienone is 1. The van der Waals surface area contributed by atoms with E-state index in [1.807, 2.05) is 22.9 Å². The van der Waals surface area contributed by atoms with E-state index in [0.29, 0.717) is 12.5 Å². The molecule has 3 heterocycles. The van der Waals surface area contributed by atoms with Gasteiger partial charge in [0, 0.05) is 43.1 Å². The fourth-order valence-corrected chi connectivity index (χ4v) is 4.19. The SMILES string of the molecule is C=CCn1cc(CN2CCC(N3C(=O)Cc4ccccc43)CC2)c(C)n1. The van der Waals surface area contributed by atoms with Gasteiger partial charge in [-0.2, -0.15) is 5.10 Å². The lowest BCUT2D eigenvalue weighted by atomic mass is 10.0. The van der Waals surface area contributed by atoms with Gasteiger partial charge in [0.2, 0.25) is 5.91 Å². The smallest absolute Gasteiger partial charge is 0.231 e. The molecule has 4 rings (SSSR count). The zero-order valence-electron chi connectivity index (χ0n) is 15.4. The Morgan fingerprint density at radius 2 is 2.04 bits per heavy atom. The number of aromatic nitrogens is 2. The van der Waals surface area contributed by atoms with Gasteiger partial charge < -0.3 is 4.90 Å². The summed E-state index contributed by atoms with van der Waals surface area (Å²) in [6.45, 7) is 9.56. The molecule has 1 saturated heterocycles. The number of aryl methyl sites for hydroxylation is 1. The van der Waals surface area contributed by atoms with E-state index in [9.17, 15) is 4.79 Å². The Hall–Kier alpha value is -2.40. The molecule has 0 N–H and O–H groups in total. The fraction of sp³-hybridized carbons (Fsp3) is 0.429. The van der Waals surface area contributed by atoms with Crippen LogP contribution < -0.4 is 4.90 Å². The van der Waals surface area contributed by atoms with Crippen LogP contribution in [0.1, 0.15) is 29.7 Å². The minimum atomic E-state index is 0.256. The van der Waals surface area contributed by atoms with E-state index in [0.717, 1.165) is 50.4 Å². The third kappa shape index (κ3) is 3.19. The first-order chi connectivity index (χ1) is 12.7. The van der Waals surface area contributed by atoms with Gasteiger partial charge in [-0.25, -0.2) is 0 Å². The van der Waals surface area contributed by atoms with Gasteiger partial charge in [0.05, 0.1) is 18.7 Å². The lowest BCUT2D eigenvalue weighted by Gasteiger charge is -2.37. The number of carbonyl (C=O) groups is 1. The van der Waals surface area contributed by atoms with Gasteiger partial charge in [-0.1, -0.05) is 24.3 Å². The Balaban J connectivity index is 1.39. The molecule has 26 heavy (non-hydrogen) atoms. The average Bonchev–Trinajstić information content (AvgIpc) is 3.15. The van der Waals surface area contributed by atoms with Crippen molar-refractivity contribution < 1.29 is 4.79 Å². The maximum Gasteiger partial charge on any atom is 0.231 e. The summed E-state index contributed by atoms with van der Waals surface area (Å²) in [5.41, 5.74) is 4.67. The quantitative estimate of drug-likeness (QED) is 0.779. The number of hydrogen-bond donors (Lipinski definition) is 0. The van der Waals surface area contributed by atoms with Crippen molar-refractivity contribution >= 4 is 11.6 Å². The first-order valence-electron chi connectivity index (χ1n) is 9.42. The van der Waals surface area contributed by atoms with E-state index in [1.54, 1.807) is 0 Å². The minimum absolute atomic E-state index is 0.256. The molecule has 0 atom stereocenters. The monoisotopic (exact) mass is 350 g/mol. The molecule has 0 saturated carbocycles. The molecule has 2 aliphatic rings. The molecule has 1 amide bonds. The lowest BCUT2D eigenvalue weighted by molar-refractivity contribution is -0.118. The molecule has 1 aromatic heterocycles. The van der Waals surface area contributed by atoms with E-state index in [4.69, 9.17) is 0 Å². The van der Waals surface area contributed by atoms with Gasteiger partial charge in [0.1, 0.15) is 0 Å². The van der Waals surface area contributed by atoms with Gasteiger partial charge in [-0.05, 0) is 31.4 Å². The van der Waals surface area contributed by atoms with Crippen LogP contribution in [0.5, 0.6) is 0 Å². The molecule has 5 nitrogen and oxygen atoms in total. The molecule has 2 aromatic rings. The number of carbonyl (C=O) groups excluding carboxylic acids is 1. The summed E-state index contributed by atoms with van der Waals surface area (Å²) in [5, 5.41) is 4.54. The van der Waals surface area contributed by atoms with Gasteiger partial charge in [0.15, 0.2) is 0 Å². The Bertz CT molecular complexity index is 817. The minimum Gasteiger partial charge on any atom is -0.309 e. The van der Waals surface area contributed by atoms with Gasteiger partial charge in [0.25, 0.3) is 0 Å². The van der Waals surface area contributed by atoms with Crippen LogP contribution in [-0.2, 0) is 24.3 Å². The zero-order chi connectivity index (χ0) is 18.1. The molecule has 136 valence electrons. The first-order valence-corrected chi connectivity index (χ1v) is 9.42. The number of amides is 1. The van der Waals surface area contributed by atoms with Crippen LogP contribution in [0.15, 0.2) is 43.1 Å². The van der Waals surface area contributed by atoms with Crippen molar-refractivity contribution in [1.82, 2.24) is 14.7 Å². The highest BCUT2D eigenvalue weighted by Crippen LogP contribution is 2.33. The van der Waals surface area contributed by atoms with Crippen molar-refractivity contribution in [2.24, 2.45) is 0 Å². The highest BCUT2D eigenvalue weighted by atomic mass is 16.2. The number of para-hydroxylation sites is 1. The number of likely N-dealkylation sites (tertiary alicyclic amines) is 1. The number of nitrogens with zero attached hydrogens (tertiary/aromatic N) is 4. The molecule has 0 spiro atoms. The summed E-state index contributed by atoms with van der Waals surface area (Å²) in [6.07, 6.45) is 6.61. The largest absolute Gasteiger partial charge is 0.309 e. The molecule has 1 fully saturated rings. The molecule has 5 heteroatoms. The van der Waals surface area contributed by atoms with Crippen molar-refractivity contribution in [2.45, 2.75) is 45.3 Å². The Kier molecular flexibility index (Phi) is 4.64. The molecule has 0 aliphatic carbocycles. The van der Waals surface area contributed by atoms with Gasteiger partial charge in [-0.15, -0.1) is 6.58 Å². The predicted octanol–water partition coefficient (Wildman–Crippen LogP) is 2.93. The van der Waals surface area contributed by atoms with E-state index < -0.39 is 0 Å². The van der Waals surface area contributed by atoms with Crippen molar-refractivity contribution in [3.8, 4) is 0 Å². The number of piperidine rings is 1. The first kappa shape index (κ1) is 17.0. The maximum atomic E-state index is 12.5.